The van der Waals surface area contributed by atoms with Crippen molar-refractivity contribution in [2.24, 2.45) is 0 Å². The predicted molar refractivity (Wildman–Crippen MR) is 140 cm³/mol. The van der Waals surface area contributed by atoms with Crippen LogP contribution in [0.1, 0.15) is 37.4 Å². The third kappa shape index (κ3) is 5.38. The van der Waals surface area contributed by atoms with Crippen LogP contribution in [0.4, 0.5) is 0 Å². The lowest BCUT2D eigenvalue weighted by Gasteiger charge is -2.42. The Labute approximate surface area is 244 Å². The molecule has 0 amide bonds. The topological polar surface area (TPSA) is 242 Å². The fourth-order valence-corrected chi connectivity index (χ4v) is 5.30. The lowest BCUT2D eigenvalue weighted by molar-refractivity contribution is -0.323. The molecule has 0 aromatic heterocycles. The molecule has 10 atom stereocenters. The molecule has 2 heterocycles. The highest BCUT2D eigenvalue weighted by atomic mass is 16.7. The number of ether oxygens (including phenoxy) is 5. The lowest BCUT2D eigenvalue weighted by Crippen LogP contribution is -2.62. The van der Waals surface area contributed by atoms with E-state index in [-0.39, 0.29) is 28.2 Å². The highest BCUT2D eigenvalue weighted by molar-refractivity contribution is 6.30. The van der Waals surface area contributed by atoms with Crippen LogP contribution in [-0.2, 0) is 14.2 Å². The van der Waals surface area contributed by atoms with Crippen molar-refractivity contribution in [2.45, 2.75) is 68.3 Å². The third-order valence-electron chi connectivity index (χ3n) is 7.75. The average molecular weight is 609 g/mol. The largest absolute Gasteiger partial charge is 0.504 e. The third-order valence-corrected chi connectivity index (χ3v) is 7.75. The van der Waals surface area contributed by atoms with Gasteiger partial charge in [0.25, 0.3) is 0 Å². The molecule has 0 radical (unpaired) electrons. The number of hydrogen-bond acceptors (Lipinski definition) is 15. The normalized spacial score (nSPS) is 34.0. The van der Waals surface area contributed by atoms with E-state index < -0.39 is 97.5 Å². The van der Waals surface area contributed by atoms with Crippen molar-refractivity contribution in [3.63, 3.8) is 0 Å². The SMILES string of the molecule is COc1cc(OC2OC(COC3OC(CO)C(O)C(O)C3O)C(O)C(O)C2O)c2c(c1O)C(=O)c1cc(C)ccc1C2=O. The number of carbonyl (C=O) groups excluding carboxylic acids is 2. The Hall–Kier alpha value is -3.22. The van der Waals surface area contributed by atoms with Crippen LogP contribution in [-0.4, -0.2) is 134 Å². The number of aromatic hydroxyl groups is 1. The fraction of sp³-hybridized carbons (Fsp3) is 0.500. The molecule has 2 aromatic carbocycles. The van der Waals surface area contributed by atoms with Gasteiger partial charge in [0.2, 0.25) is 6.29 Å². The van der Waals surface area contributed by atoms with Gasteiger partial charge in [0.1, 0.15) is 54.6 Å². The molecule has 234 valence electrons. The van der Waals surface area contributed by atoms with E-state index >= 15 is 0 Å². The Kier molecular flexibility index (Phi) is 8.75. The zero-order valence-electron chi connectivity index (χ0n) is 22.9. The number of carbonyl (C=O) groups is 2. The van der Waals surface area contributed by atoms with Gasteiger partial charge in [-0.1, -0.05) is 17.7 Å². The van der Waals surface area contributed by atoms with Crippen LogP contribution in [0.25, 0.3) is 0 Å². The summed E-state index contributed by atoms with van der Waals surface area (Å²) in [6.07, 6.45) is -16.7. The molecular formula is C28H32O15. The van der Waals surface area contributed by atoms with Crippen LogP contribution in [0, 0.1) is 6.92 Å². The van der Waals surface area contributed by atoms with Gasteiger partial charge in [0.05, 0.1) is 31.5 Å². The predicted octanol–water partition coefficient (Wildman–Crippen LogP) is -2.51. The van der Waals surface area contributed by atoms with Crippen LogP contribution >= 0.6 is 0 Å². The molecule has 5 rings (SSSR count). The van der Waals surface area contributed by atoms with Gasteiger partial charge in [-0.15, -0.1) is 0 Å². The summed E-state index contributed by atoms with van der Waals surface area (Å²) in [5.41, 5.74) is 0.0651. The number of methoxy groups -OCH3 is 1. The van der Waals surface area contributed by atoms with Crippen molar-refractivity contribution in [1.82, 2.24) is 0 Å². The summed E-state index contributed by atoms with van der Waals surface area (Å²) in [5.74, 6) is -2.54. The fourth-order valence-electron chi connectivity index (χ4n) is 5.30. The summed E-state index contributed by atoms with van der Waals surface area (Å²) < 4.78 is 27.3. The first-order valence-corrected chi connectivity index (χ1v) is 13.3. The van der Waals surface area contributed by atoms with E-state index in [9.17, 15) is 50.4 Å². The Balaban J connectivity index is 1.42. The summed E-state index contributed by atoms with van der Waals surface area (Å²) in [6, 6.07) is 5.69. The van der Waals surface area contributed by atoms with Crippen LogP contribution in [0.5, 0.6) is 17.2 Å². The highest BCUT2D eigenvalue weighted by Gasteiger charge is 2.48. The van der Waals surface area contributed by atoms with Crippen LogP contribution in [0.2, 0.25) is 0 Å². The summed E-state index contributed by atoms with van der Waals surface area (Å²) in [7, 11) is 1.21. The maximum absolute atomic E-state index is 13.6. The first-order chi connectivity index (χ1) is 20.4. The van der Waals surface area contributed by atoms with Gasteiger partial charge >= 0.3 is 0 Å². The Morgan fingerprint density at radius 3 is 2.00 bits per heavy atom. The quantitative estimate of drug-likeness (QED) is 0.138. The molecule has 2 saturated heterocycles. The molecule has 2 aliphatic heterocycles. The molecule has 15 heteroatoms. The summed E-state index contributed by atoms with van der Waals surface area (Å²) in [5, 5.41) is 82.1. The van der Waals surface area contributed by atoms with Crippen LogP contribution in [0.3, 0.4) is 0 Å². The number of benzene rings is 2. The monoisotopic (exact) mass is 608 g/mol. The van der Waals surface area contributed by atoms with Crippen molar-refractivity contribution >= 4 is 11.6 Å². The number of aryl methyl sites for hydroxylation is 1. The second-order valence-electron chi connectivity index (χ2n) is 10.5. The molecule has 0 spiro atoms. The van der Waals surface area contributed by atoms with E-state index in [1.165, 1.54) is 19.2 Å². The minimum Gasteiger partial charge on any atom is -0.504 e. The van der Waals surface area contributed by atoms with Gasteiger partial charge < -0.3 is 64.5 Å². The molecular weight excluding hydrogens is 576 g/mol. The summed E-state index contributed by atoms with van der Waals surface area (Å²) >= 11 is 0. The van der Waals surface area contributed by atoms with Gasteiger partial charge in [-0.25, -0.2) is 0 Å². The van der Waals surface area contributed by atoms with E-state index in [2.05, 4.69) is 0 Å². The van der Waals surface area contributed by atoms with E-state index in [0.717, 1.165) is 6.07 Å². The van der Waals surface area contributed by atoms with Crippen molar-refractivity contribution in [1.29, 1.82) is 0 Å². The number of rotatable bonds is 7. The van der Waals surface area contributed by atoms with E-state index in [1.807, 2.05) is 0 Å². The van der Waals surface area contributed by atoms with E-state index in [1.54, 1.807) is 13.0 Å². The van der Waals surface area contributed by atoms with Gasteiger partial charge in [0, 0.05) is 17.2 Å². The Morgan fingerprint density at radius 1 is 0.744 bits per heavy atom. The van der Waals surface area contributed by atoms with Crippen LogP contribution in [0.15, 0.2) is 24.3 Å². The number of phenols is 1. The minimum absolute atomic E-state index is 0.0453. The highest BCUT2D eigenvalue weighted by Crippen LogP contribution is 2.44. The number of fused-ring (bicyclic) bond motifs is 2. The maximum atomic E-state index is 13.6. The number of ketones is 2. The molecule has 3 aliphatic rings. The lowest BCUT2D eigenvalue weighted by atomic mass is 9.82. The number of phenolic OH excluding ortho intramolecular Hbond substituents is 1. The molecule has 0 bridgehead atoms. The Bertz CT molecular complexity index is 1390. The molecule has 2 fully saturated rings. The standard InChI is InChI=1S/C28H32O15/c1-9-3-4-10-11(5-9)19(31)17-16(18(10)30)12(6-13(39-2)20(17)32)41-28-26(38)24(36)22(34)15(43-28)8-40-27-25(37)23(35)21(33)14(7-29)42-27/h3-6,14-15,21-29,32-38H,7-8H2,1-2H3. The zero-order valence-corrected chi connectivity index (χ0v) is 22.9. The van der Waals surface area contributed by atoms with Crippen molar-refractivity contribution in [3.8, 4) is 17.2 Å². The molecule has 10 unspecified atom stereocenters. The molecule has 15 nitrogen and oxygen atoms in total. The maximum Gasteiger partial charge on any atom is 0.229 e. The molecule has 43 heavy (non-hydrogen) atoms. The smallest absolute Gasteiger partial charge is 0.229 e. The van der Waals surface area contributed by atoms with Crippen molar-refractivity contribution in [2.75, 3.05) is 20.3 Å². The van der Waals surface area contributed by atoms with E-state index in [0.29, 0.717) is 5.56 Å². The minimum atomic E-state index is -1.89. The second kappa shape index (κ2) is 12.0. The first kappa shape index (κ1) is 31.2. The van der Waals surface area contributed by atoms with E-state index in [4.69, 9.17) is 23.7 Å². The summed E-state index contributed by atoms with van der Waals surface area (Å²) in [4.78, 5) is 27.0. The van der Waals surface area contributed by atoms with Gasteiger partial charge in [-0.05, 0) is 13.0 Å². The van der Waals surface area contributed by atoms with Crippen molar-refractivity contribution in [3.05, 3.63) is 52.1 Å². The number of aliphatic hydroxyl groups is 7. The molecule has 8 N–H and O–H groups in total. The van der Waals surface area contributed by atoms with Crippen molar-refractivity contribution < 1.29 is 74.1 Å². The first-order valence-electron chi connectivity index (χ1n) is 13.3. The molecule has 1 aliphatic carbocycles. The number of aliphatic hydroxyl groups excluding tert-OH is 7. The van der Waals surface area contributed by atoms with Gasteiger partial charge in [0.15, 0.2) is 29.4 Å². The summed E-state index contributed by atoms with van der Waals surface area (Å²) in [6.45, 7) is 0.404. The zero-order chi connectivity index (χ0) is 31.3. The van der Waals surface area contributed by atoms with Gasteiger partial charge in [-0.2, -0.15) is 0 Å². The Morgan fingerprint density at radius 2 is 1.35 bits per heavy atom. The van der Waals surface area contributed by atoms with Gasteiger partial charge in [-0.3, -0.25) is 9.59 Å². The average Bonchev–Trinajstić information content (AvgIpc) is 2.99. The molecule has 2 aromatic rings. The number of hydrogen-bond donors (Lipinski definition) is 8. The molecule has 0 saturated carbocycles. The second-order valence-corrected chi connectivity index (χ2v) is 10.5. The van der Waals surface area contributed by atoms with Crippen LogP contribution < -0.4 is 9.47 Å².